The second-order valence-electron chi connectivity index (χ2n) is 5.91. The maximum absolute atomic E-state index is 10.2. The first-order valence-electron chi connectivity index (χ1n) is 7.62. The zero-order valence-corrected chi connectivity index (χ0v) is 13.2. The van der Waals surface area contributed by atoms with E-state index >= 15 is 0 Å². The van der Waals surface area contributed by atoms with Crippen molar-refractivity contribution in [2.24, 2.45) is 11.5 Å². The lowest BCUT2D eigenvalue weighted by atomic mass is 9.95. The van der Waals surface area contributed by atoms with Gasteiger partial charge < -0.3 is 55.9 Å². The van der Waals surface area contributed by atoms with Crippen molar-refractivity contribution in [1.82, 2.24) is 0 Å². The Kier molecular flexibility index (Phi) is 6.87. The molecule has 2 saturated heterocycles. The van der Waals surface area contributed by atoms with Gasteiger partial charge in [-0.05, 0) is 0 Å². The lowest BCUT2D eigenvalue weighted by Gasteiger charge is -2.46. The Bertz CT molecular complexity index is 400. The number of aliphatic hydroxyl groups excluding tert-OH is 5. The maximum atomic E-state index is 10.2. The first-order valence-corrected chi connectivity index (χ1v) is 7.62. The average molecular weight is 354 g/mol. The molecule has 2 aliphatic rings. The van der Waals surface area contributed by atoms with Crippen LogP contribution in [-0.4, -0.2) is 107 Å². The van der Waals surface area contributed by atoms with Gasteiger partial charge in [-0.15, -0.1) is 0 Å². The lowest BCUT2D eigenvalue weighted by molar-refractivity contribution is -0.325. The lowest BCUT2D eigenvalue weighted by Crippen LogP contribution is -2.67. The molecular formula is C13H26N2O9. The molecule has 0 spiro atoms. The number of hydrogen-bond donors (Lipinski definition) is 7. The van der Waals surface area contributed by atoms with Gasteiger partial charge in [-0.3, -0.25) is 0 Å². The summed E-state index contributed by atoms with van der Waals surface area (Å²) in [6, 6.07) is -2.21. The molecule has 9 N–H and O–H groups in total. The summed E-state index contributed by atoms with van der Waals surface area (Å²) in [6.45, 7) is -1.01. The van der Waals surface area contributed by atoms with Crippen molar-refractivity contribution in [2.75, 3.05) is 20.3 Å². The highest BCUT2D eigenvalue weighted by molar-refractivity contribution is 4.96. The summed E-state index contributed by atoms with van der Waals surface area (Å²) in [4.78, 5) is 0. The van der Waals surface area contributed by atoms with Gasteiger partial charge in [0.15, 0.2) is 12.6 Å². The number of methoxy groups -OCH3 is 1. The van der Waals surface area contributed by atoms with Crippen LogP contribution >= 0.6 is 0 Å². The van der Waals surface area contributed by atoms with Gasteiger partial charge in [0.2, 0.25) is 0 Å². The molecule has 4 unspecified atom stereocenters. The van der Waals surface area contributed by atoms with Crippen LogP contribution in [0.5, 0.6) is 0 Å². The number of nitrogens with two attached hydrogens (primary N) is 2. The molecule has 0 aromatic heterocycles. The smallest absolute Gasteiger partial charge is 0.176 e. The second-order valence-corrected chi connectivity index (χ2v) is 5.91. The van der Waals surface area contributed by atoms with E-state index < -0.39 is 74.5 Å². The average Bonchev–Trinajstić information content (AvgIpc) is 2.58. The number of hydrogen-bond acceptors (Lipinski definition) is 11. The SMILES string of the molecule is CO[C@@H]1C(CO)O[C@@H](O[C@@H]2C(CO)O[C@@H](O)C(N)[C@H]2O)C(N)[C@H]1O. The number of ether oxygens (including phenoxy) is 4. The normalized spacial score (nSPS) is 50.0. The summed E-state index contributed by atoms with van der Waals surface area (Å²) in [5, 5.41) is 48.7. The van der Waals surface area contributed by atoms with Gasteiger partial charge in [0.1, 0.15) is 36.6 Å². The second kappa shape index (κ2) is 8.29. The molecular weight excluding hydrogens is 328 g/mol. The molecule has 10 atom stereocenters. The van der Waals surface area contributed by atoms with Crippen molar-refractivity contribution in [3.63, 3.8) is 0 Å². The van der Waals surface area contributed by atoms with Crippen LogP contribution in [0.4, 0.5) is 0 Å². The third-order valence-electron chi connectivity index (χ3n) is 4.38. The zero-order valence-electron chi connectivity index (χ0n) is 13.2. The minimum absolute atomic E-state index is 0.451. The topological polar surface area (TPSA) is 190 Å². The van der Waals surface area contributed by atoms with Crippen LogP contribution in [0.1, 0.15) is 0 Å². The van der Waals surface area contributed by atoms with Crippen LogP contribution in [0.15, 0.2) is 0 Å². The highest BCUT2D eigenvalue weighted by Crippen LogP contribution is 2.28. The molecule has 0 aromatic rings. The third kappa shape index (κ3) is 3.71. The first kappa shape index (κ1) is 19.9. The molecule has 0 aliphatic carbocycles. The van der Waals surface area contributed by atoms with E-state index in [0.29, 0.717) is 0 Å². The van der Waals surface area contributed by atoms with E-state index in [4.69, 9.17) is 30.4 Å². The Morgan fingerprint density at radius 1 is 0.875 bits per heavy atom. The van der Waals surface area contributed by atoms with E-state index in [9.17, 15) is 25.5 Å². The molecule has 0 saturated carbocycles. The van der Waals surface area contributed by atoms with E-state index in [1.807, 2.05) is 0 Å². The van der Waals surface area contributed by atoms with E-state index in [1.165, 1.54) is 7.11 Å². The summed E-state index contributed by atoms with van der Waals surface area (Å²) in [7, 11) is 1.34. The maximum Gasteiger partial charge on any atom is 0.176 e. The van der Waals surface area contributed by atoms with Crippen molar-refractivity contribution in [1.29, 1.82) is 0 Å². The summed E-state index contributed by atoms with van der Waals surface area (Å²) in [6.07, 6.45) is -9.23. The molecule has 0 aromatic carbocycles. The zero-order chi connectivity index (χ0) is 18.0. The Balaban J connectivity index is 2.12. The molecule has 24 heavy (non-hydrogen) atoms. The quantitative estimate of drug-likeness (QED) is 0.251. The van der Waals surface area contributed by atoms with Crippen LogP contribution in [0.25, 0.3) is 0 Å². The fourth-order valence-corrected chi connectivity index (χ4v) is 2.93. The minimum Gasteiger partial charge on any atom is -0.394 e. The van der Waals surface area contributed by atoms with Gasteiger partial charge in [-0.25, -0.2) is 0 Å². The van der Waals surface area contributed by atoms with Crippen molar-refractivity contribution >= 4 is 0 Å². The van der Waals surface area contributed by atoms with Gasteiger partial charge in [0.05, 0.1) is 25.3 Å². The largest absolute Gasteiger partial charge is 0.394 e. The molecule has 2 heterocycles. The summed E-state index contributed by atoms with van der Waals surface area (Å²) in [5.41, 5.74) is 11.5. The van der Waals surface area contributed by atoms with Crippen molar-refractivity contribution in [3.05, 3.63) is 0 Å². The Morgan fingerprint density at radius 2 is 1.42 bits per heavy atom. The molecule has 2 rings (SSSR count). The van der Waals surface area contributed by atoms with Crippen molar-refractivity contribution in [3.8, 4) is 0 Å². The molecule has 0 radical (unpaired) electrons. The van der Waals surface area contributed by atoms with E-state index in [0.717, 1.165) is 0 Å². The minimum atomic E-state index is -1.47. The van der Waals surface area contributed by atoms with E-state index in [2.05, 4.69) is 0 Å². The highest BCUT2D eigenvalue weighted by atomic mass is 16.7. The van der Waals surface area contributed by atoms with Gasteiger partial charge in [0, 0.05) is 7.11 Å². The van der Waals surface area contributed by atoms with Crippen LogP contribution < -0.4 is 11.5 Å². The molecule has 2 fully saturated rings. The molecule has 2 aliphatic heterocycles. The number of aliphatic hydroxyl groups is 5. The Hall–Kier alpha value is -0.440. The molecule has 11 heteroatoms. The molecule has 0 bridgehead atoms. The highest BCUT2D eigenvalue weighted by Gasteiger charge is 2.49. The Labute approximate surface area is 138 Å². The Morgan fingerprint density at radius 3 is 1.96 bits per heavy atom. The van der Waals surface area contributed by atoms with Crippen molar-refractivity contribution in [2.45, 2.75) is 61.3 Å². The van der Waals surface area contributed by atoms with Crippen LogP contribution in [0.3, 0.4) is 0 Å². The van der Waals surface area contributed by atoms with Gasteiger partial charge >= 0.3 is 0 Å². The predicted molar refractivity (Wildman–Crippen MR) is 77.3 cm³/mol. The fourth-order valence-electron chi connectivity index (χ4n) is 2.93. The standard InChI is InChI=1S/C13H26N2O9/c1-21-10-4(2-16)23-13(7(15)9(10)19)24-11-5(3-17)22-12(20)6(14)8(11)18/h4-13,16-20H,2-3,14-15H2,1H3/t4?,5?,6?,7?,8-,9-,10-,11-,12-,13+/m1/s1. The van der Waals surface area contributed by atoms with Crippen LogP contribution in [0.2, 0.25) is 0 Å². The van der Waals surface area contributed by atoms with Crippen LogP contribution in [0, 0.1) is 0 Å². The monoisotopic (exact) mass is 354 g/mol. The van der Waals surface area contributed by atoms with Gasteiger partial charge in [0.25, 0.3) is 0 Å². The predicted octanol–water partition coefficient (Wildman–Crippen LogP) is -4.81. The summed E-state index contributed by atoms with van der Waals surface area (Å²) in [5.74, 6) is 0. The summed E-state index contributed by atoms with van der Waals surface area (Å²) < 4.78 is 21.2. The van der Waals surface area contributed by atoms with Crippen LogP contribution in [-0.2, 0) is 18.9 Å². The van der Waals surface area contributed by atoms with E-state index in [1.54, 1.807) is 0 Å². The van der Waals surface area contributed by atoms with E-state index in [-0.39, 0.29) is 0 Å². The van der Waals surface area contributed by atoms with Gasteiger partial charge in [-0.2, -0.15) is 0 Å². The third-order valence-corrected chi connectivity index (χ3v) is 4.38. The van der Waals surface area contributed by atoms with Crippen molar-refractivity contribution < 1.29 is 44.5 Å². The first-order chi connectivity index (χ1) is 11.3. The number of rotatable bonds is 5. The fraction of sp³-hybridized carbons (Fsp3) is 1.00. The molecule has 0 amide bonds. The van der Waals surface area contributed by atoms with Gasteiger partial charge in [-0.1, -0.05) is 0 Å². The molecule has 142 valence electrons. The summed E-state index contributed by atoms with van der Waals surface area (Å²) >= 11 is 0. The molecule has 11 nitrogen and oxygen atoms in total.